The van der Waals surface area contributed by atoms with Gasteiger partial charge in [-0.3, -0.25) is 4.79 Å². The van der Waals surface area contributed by atoms with Gasteiger partial charge in [0.25, 0.3) is 5.91 Å². The van der Waals surface area contributed by atoms with Crippen molar-refractivity contribution in [1.82, 2.24) is 14.9 Å². The normalized spacial score (nSPS) is 20.0. The summed E-state index contributed by atoms with van der Waals surface area (Å²) < 4.78 is 33.6. The van der Waals surface area contributed by atoms with Crippen LogP contribution < -0.4 is 15.4 Å². The van der Waals surface area contributed by atoms with Gasteiger partial charge in [0.05, 0.1) is 20.0 Å². The average Bonchev–Trinajstić information content (AvgIpc) is 3.27. The van der Waals surface area contributed by atoms with E-state index in [0.29, 0.717) is 29.3 Å². The molecule has 2 aromatic carbocycles. The Morgan fingerprint density at radius 3 is 2.45 bits per heavy atom. The van der Waals surface area contributed by atoms with Crippen LogP contribution in [-0.2, 0) is 10.0 Å². The van der Waals surface area contributed by atoms with Gasteiger partial charge in [-0.1, -0.05) is 34.8 Å². The van der Waals surface area contributed by atoms with Gasteiger partial charge in [-0.15, -0.1) is 0 Å². The third kappa shape index (κ3) is 5.75. The van der Waals surface area contributed by atoms with Crippen molar-refractivity contribution < 1.29 is 17.9 Å². The van der Waals surface area contributed by atoms with Crippen LogP contribution in [0.4, 0.5) is 0 Å². The molecule has 0 bridgehead atoms. The second-order valence-corrected chi connectivity index (χ2v) is 11.3. The largest absolute Gasteiger partial charge is 0.489 e. The van der Waals surface area contributed by atoms with Crippen LogP contribution in [0.2, 0.25) is 15.1 Å². The Bertz CT molecular complexity index is 1140. The standard InChI is InChI=1S/C22H24Cl3N3O4S/c23-18-3-1-14(11-19(18)24)22(29)27-15-7-10-28(13-15)33(30,31)17-2-4-21(20(25)12-17)32-16-5-8-26-9-6-16/h1-4,11-12,15-16,26H,5-10,13H2,(H,27,29)/t15-/m1/s1. The Morgan fingerprint density at radius 1 is 1.00 bits per heavy atom. The van der Waals surface area contributed by atoms with E-state index in [-0.39, 0.29) is 39.5 Å². The van der Waals surface area contributed by atoms with Gasteiger partial charge in [0.1, 0.15) is 11.9 Å². The Kier molecular flexibility index (Phi) is 7.73. The number of rotatable bonds is 6. The lowest BCUT2D eigenvalue weighted by Crippen LogP contribution is -2.38. The summed E-state index contributed by atoms with van der Waals surface area (Å²) in [6, 6.07) is 8.83. The summed E-state index contributed by atoms with van der Waals surface area (Å²) in [5, 5.41) is 7.04. The maximum absolute atomic E-state index is 13.1. The molecule has 0 aliphatic carbocycles. The summed E-state index contributed by atoms with van der Waals surface area (Å²) in [5.41, 5.74) is 0.363. The topological polar surface area (TPSA) is 87.7 Å². The highest BCUT2D eigenvalue weighted by Crippen LogP contribution is 2.31. The molecule has 2 aliphatic rings. The SMILES string of the molecule is O=C(N[C@@H]1CCN(S(=O)(=O)c2ccc(OC3CCNCC3)c(Cl)c2)C1)c1ccc(Cl)c(Cl)c1. The number of halogens is 3. The van der Waals surface area contributed by atoms with Gasteiger partial charge in [0.15, 0.2) is 0 Å². The Morgan fingerprint density at radius 2 is 1.76 bits per heavy atom. The van der Waals surface area contributed by atoms with E-state index in [0.717, 1.165) is 25.9 Å². The summed E-state index contributed by atoms with van der Waals surface area (Å²) in [7, 11) is -3.76. The molecule has 2 aliphatic heterocycles. The first-order valence-electron chi connectivity index (χ1n) is 10.7. The van der Waals surface area contributed by atoms with E-state index in [1.807, 2.05) is 0 Å². The highest BCUT2D eigenvalue weighted by Gasteiger charge is 2.34. The molecule has 2 aromatic rings. The van der Waals surface area contributed by atoms with Crippen LogP contribution in [-0.4, -0.2) is 57.0 Å². The monoisotopic (exact) mass is 531 g/mol. The van der Waals surface area contributed by atoms with Gasteiger partial charge in [-0.25, -0.2) is 8.42 Å². The van der Waals surface area contributed by atoms with Crippen LogP contribution in [0.25, 0.3) is 0 Å². The minimum Gasteiger partial charge on any atom is -0.489 e. The van der Waals surface area contributed by atoms with Crippen molar-refractivity contribution in [2.75, 3.05) is 26.2 Å². The molecule has 0 saturated carbocycles. The highest BCUT2D eigenvalue weighted by molar-refractivity contribution is 7.89. The second-order valence-electron chi connectivity index (χ2n) is 8.11. The lowest BCUT2D eigenvalue weighted by Gasteiger charge is -2.24. The molecular weight excluding hydrogens is 509 g/mol. The molecule has 178 valence electrons. The number of ether oxygens (including phenoxy) is 1. The number of sulfonamides is 1. The predicted octanol–water partition coefficient (Wildman–Crippen LogP) is 3.97. The van der Waals surface area contributed by atoms with Crippen molar-refractivity contribution >= 4 is 50.7 Å². The number of hydrogen-bond donors (Lipinski definition) is 2. The minimum atomic E-state index is -3.76. The number of carbonyl (C=O) groups excluding carboxylic acids is 1. The number of hydrogen-bond acceptors (Lipinski definition) is 5. The molecule has 2 heterocycles. The molecule has 2 saturated heterocycles. The number of nitrogens with one attached hydrogen (secondary N) is 2. The van der Waals surface area contributed by atoms with Crippen LogP contribution in [0, 0.1) is 0 Å². The lowest BCUT2D eigenvalue weighted by molar-refractivity contribution is 0.0939. The fraction of sp³-hybridized carbons (Fsp3) is 0.409. The zero-order valence-corrected chi connectivity index (χ0v) is 20.8. The molecule has 1 amide bonds. The van der Waals surface area contributed by atoms with E-state index < -0.39 is 10.0 Å². The molecule has 0 aromatic heterocycles. The summed E-state index contributed by atoms with van der Waals surface area (Å²) in [6.45, 7) is 2.22. The third-order valence-electron chi connectivity index (χ3n) is 5.79. The van der Waals surface area contributed by atoms with E-state index in [4.69, 9.17) is 39.5 Å². The highest BCUT2D eigenvalue weighted by atomic mass is 35.5. The molecule has 2 fully saturated rings. The zero-order valence-electron chi connectivity index (χ0n) is 17.7. The first kappa shape index (κ1) is 24.6. The van der Waals surface area contributed by atoms with Gasteiger partial charge >= 0.3 is 0 Å². The first-order valence-corrected chi connectivity index (χ1v) is 13.2. The molecule has 1 atom stereocenters. The van der Waals surface area contributed by atoms with Crippen molar-refractivity contribution in [3.63, 3.8) is 0 Å². The van der Waals surface area contributed by atoms with Gasteiger partial charge in [-0.05, 0) is 68.8 Å². The van der Waals surface area contributed by atoms with Crippen LogP contribution in [0.5, 0.6) is 5.75 Å². The van der Waals surface area contributed by atoms with E-state index in [2.05, 4.69) is 10.6 Å². The van der Waals surface area contributed by atoms with Gasteiger partial charge < -0.3 is 15.4 Å². The molecule has 4 rings (SSSR count). The Labute approximate surface area is 208 Å². The van der Waals surface area contributed by atoms with Gasteiger partial charge in [-0.2, -0.15) is 4.31 Å². The van der Waals surface area contributed by atoms with E-state index >= 15 is 0 Å². The van der Waals surface area contributed by atoms with E-state index in [1.54, 1.807) is 18.2 Å². The van der Waals surface area contributed by atoms with Crippen LogP contribution >= 0.6 is 34.8 Å². The molecule has 0 unspecified atom stereocenters. The second kappa shape index (κ2) is 10.4. The van der Waals surface area contributed by atoms with Gasteiger partial charge in [0.2, 0.25) is 10.0 Å². The van der Waals surface area contributed by atoms with E-state index in [9.17, 15) is 13.2 Å². The van der Waals surface area contributed by atoms with Crippen molar-refractivity contribution in [2.24, 2.45) is 0 Å². The predicted molar refractivity (Wildman–Crippen MR) is 129 cm³/mol. The number of benzene rings is 2. The fourth-order valence-corrected chi connectivity index (χ4v) is 6.06. The third-order valence-corrected chi connectivity index (χ3v) is 8.68. The van der Waals surface area contributed by atoms with Crippen molar-refractivity contribution in [1.29, 1.82) is 0 Å². The van der Waals surface area contributed by atoms with Crippen molar-refractivity contribution in [3.05, 3.63) is 57.0 Å². The quantitative estimate of drug-likeness (QED) is 0.588. The average molecular weight is 533 g/mol. The fourth-order valence-electron chi connectivity index (χ4n) is 3.95. The lowest BCUT2D eigenvalue weighted by atomic mass is 10.1. The maximum atomic E-state index is 13.1. The number of amides is 1. The number of nitrogens with zero attached hydrogens (tertiary/aromatic N) is 1. The molecular formula is C22H24Cl3N3O4S. The smallest absolute Gasteiger partial charge is 0.251 e. The van der Waals surface area contributed by atoms with E-state index in [1.165, 1.54) is 22.5 Å². The Hall–Kier alpha value is -1.55. The van der Waals surface area contributed by atoms with Crippen LogP contribution in [0.1, 0.15) is 29.6 Å². The molecule has 33 heavy (non-hydrogen) atoms. The van der Waals surface area contributed by atoms with Crippen molar-refractivity contribution in [2.45, 2.75) is 36.3 Å². The van der Waals surface area contributed by atoms with Gasteiger partial charge in [0, 0.05) is 24.7 Å². The zero-order chi connectivity index (χ0) is 23.6. The molecule has 11 heteroatoms. The number of piperidine rings is 1. The summed E-state index contributed by atoms with van der Waals surface area (Å²) in [4.78, 5) is 12.6. The van der Waals surface area contributed by atoms with Crippen LogP contribution in [0.15, 0.2) is 41.3 Å². The summed E-state index contributed by atoms with van der Waals surface area (Å²) >= 11 is 18.2. The summed E-state index contributed by atoms with van der Waals surface area (Å²) in [5.74, 6) is 0.149. The maximum Gasteiger partial charge on any atom is 0.251 e. The molecule has 2 N–H and O–H groups in total. The molecule has 0 radical (unpaired) electrons. The number of carbonyl (C=O) groups is 1. The molecule has 7 nitrogen and oxygen atoms in total. The first-order chi connectivity index (χ1) is 15.7. The summed E-state index contributed by atoms with van der Waals surface area (Å²) in [6.07, 6.45) is 2.31. The minimum absolute atomic E-state index is 0.0599. The Balaban J connectivity index is 1.40. The van der Waals surface area contributed by atoms with Crippen molar-refractivity contribution in [3.8, 4) is 5.75 Å². The van der Waals surface area contributed by atoms with Crippen LogP contribution in [0.3, 0.4) is 0 Å². The molecule has 0 spiro atoms.